The molecule has 0 radical (unpaired) electrons. The molecule has 0 aliphatic heterocycles. The molecule has 1 nitrogen and oxygen atoms in total. The van der Waals surface area contributed by atoms with Crippen LogP contribution in [0, 0.1) is 29.1 Å². The second-order valence-corrected chi connectivity index (χ2v) is 3.50. The minimum absolute atomic E-state index is 0.337. The van der Waals surface area contributed by atoms with Crippen LogP contribution in [0.15, 0.2) is 0 Å². The van der Waals surface area contributed by atoms with Crippen LogP contribution in [0.2, 0.25) is 0 Å². The highest BCUT2D eigenvalue weighted by molar-refractivity contribution is 4.90. The van der Waals surface area contributed by atoms with E-state index in [1.54, 1.807) is 0 Å². The van der Waals surface area contributed by atoms with Gasteiger partial charge in [-0.05, 0) is 18.3 Å². The lowest BCUT2D eigenvalue weighted by molar-refractivity contribution is 0.224. The zero-order valence-electron chi connectivity index (χ0n) is 6.80. The molecule has 1 rings (SSSR count). The summed E-state index contributed by atoms with van der Waals surface area (Å²) in [5.41, 5.74) is 0. The van der Waals surface area contributed by atoms with Gasteiger partial charge in [0.25, 0.3) is 0 Å². The van der Waals surface area contributed by atoms with Crippen LogP contribution in [-0.2, 0) is 0 Å². The fourth-order valence-electron chi connectivity index (χ4n) is 1.76. The molecule has 1 fully saturated rings. The number of nitrogens with zero attached hydrogens (tertiary/aromatic N) is 1. The van der Waals surface area contributed by atoms with Gasteiger partial charge in [-0.2, -0.15) is 5.26 Å². The fraction of sp³-hybridized carbons (Fsp3) is 0.889. The van der Waals surface area contributed by atoms with E-state index in [0.717, 1.165) is 12.3 Å². The van der Waals surface area contributed by atoms with E-state index >= 15 is 0 Å². The second kappa shape index (κ2) is 3.05. The van der Waals surface area contributed by atoms with Gasteiger partial charge in [-0.3, -0.25) is 0 Å². The summed E-state index contributed by atoms with van der Waals surface area (Å²) in [6.07, 6.45) is 3.70. The quantitative estimate of drug-likeness (QED) is 0.503. The Hall–Kier alpha value is -0.510. The first-order chi connectivity index (χ1) is 4.75. The maximum absolute atomic E-state index is 8.73. The molecule has 1 heteroatoms. The maximum atomic E-state index is 8.73. The van der Waals surface area contributed by atoms with Crippen molar-refractivity contribution in [2.45, 2.75) is 33.1 Å². The normalized spacial score (nSPS) is 40.7. The monoisotopic (exact) mass is 137 g/mol. The average molecular weight is 137 g/mol. The van der Waals surface area contributed by atoms with Crippen LogP contribution in [-0.4, -0.2) is 0 Å². The summed E-state index contributed by atoms with van der Waals surface area (Å²) >= 11 is 0. The minimum atomic E-state index is 0.337. The number of hydrogen-bond acceptors (Lipinski definition) is 1. The minimum Gasteiger partial charge on any atom is -0.198 e. The smallest absolute Gasteiger partial charge is 0.0658 e. The van der Waals surface area contributed by atoms with Gasteiger partial charge in [0, 0.05) is 5.92 Å². The van der Waals surface area contributed by atoms with Crippen LogP contribution >= 0.6 is 0 Å². The van der Waals surface area contributed by atoms with Crippen LogP contribution in [0.1, 0.15) is 33.1 Å². The van der Waals surface area contributed by atoms with E-state index in [4.69, 9.17) is 5.26 Å². The van der Waals surface area contributed by atoms with E-state index < -0.39 is 0 Å². The first-order valence-corrected chi connectivity index (χ1v) is 4.15. The van der Waals surface area contributed by atoms with Crippen LogP contribution in [0.3, 0.4) is 0 Å². The molecule has 10 heavy (non-hydrogen) atoms. The van der Waals surface area contributed by atoms with Crippen molar-refractivity contribution in [1.82, 2.24) is 0 Å². The first-order valence-electron chi connectivity index (χ1n) is 4.15. The zero-order chi connectivity index (χ0) is 7.56. The molecule has 0 bridgehead atoms. The molecule has 0 saturated heterocycles. The van der Waals surface area contributed by atoms with E-state index in [9.17, 15) is 0 Å². The van der Waals surface area contributed by atoms with Gasteiger partial charge in [0.2, 0.25) is 0 Å². The lowest BCUT2D eigenvalue weighted by Crippen LogP contribution is -2.22. The molecule has 56 valence electrons. The largest absolute Gasteiger partial charge is 0.198 e. The summed E-state index contributed by atoms with van der Waals surface area (Å²) < 4.78 is 0. The fourth-order valence-corrected chi connectivity index (χ4v) is 1.76. The summed E-state index contributed by atoms with van der Waals surface area (Å²) in [7, 11) is 0. The SMILES string of the molecule is CC1CCCC(C#N)C1C. The summed E-state index contributed by atoms with van der Waals surface area (Å²) in [5, 5.41) is 8.73. The molecular weight excluding hydrogens is 122 g/mol. The van der Waals surface area contributed by atoms with Gasteiger partial charge in [-0.15, -0.1) is 0 Å². The van der Waals surface area contributed by atoms with E-state index in [-0.39, 0.29) is 0 Å². The summed E-state index contributed by atoms with van der Waals surface area (Å²) in [6, 6.07) is 2.38. The summed E-state index contributed by atoms with van der Waals surface area (Å²) in [5.74, 6) is 1.72. The molecule has 0 aromatic carbocycles. The Morgan fingerprint density at radius 2 is 2.00 bits per heavy atom. The van der Waals surface area contributed by atoms with Gasteiger partial charge in [-0.1, -0.05) is 26.7 Å². The van der Waals surface area contributed by atoms with Crippen molar-refractivity contribution in [2.75, 3.05) is 0 Å². The van der Waals surface area contributed by atoms with Crippen LogP contribution in [0.4, 0.5) is 0 Å². The molecule has 0 N–H and O–H groups in total. The van der Waals surface area contributed by atoms with E-state index in [2.05, 4.69) is 19.9 Å². The molecular formula is C9H15N. The molecule has 0 amide bonds. The van der Waals surface area contributed by atoms with E-state index in [0.29, 0.717) is 11.8 Å². The highest BCUT2D eigenvalue weighted by Crippen LogP contribution is 2.33. The van der Waals surface area contributed by atoms with Gasteiger partial charge in [0.1, 0.15) is 0 Å². The van der Waals surface area contributed by atoms with Crippen molar-refractivity contribution in [3.8, 4) is 6.07 Å². The standard InChI is InChI=1S/C9H15N/c1-7-4-3-5-9(6-10)8(7)2/h7-9H,3-5H2,1-2H3. The highest BCUT2D eigenvalue weighted by Gasteiger charge is 2.26. The Labute approximate surface area is 63.0 Å². The third kappa shape index (κ3) is 1.31. The number of rotatable bonds is 0. The third-order valence-corrected chi connectivity index (χ3v) is 2.87. The summed E-state index contributed by atoms with van der Waals surface area (Å²) in [6.45, 7) is 4.46. The molecule has 3 unspecified atom stereocenters. The first kappa shape index (κ1) is 7.60. The van der Waals surface area contributed by atoms with Gasteiger partial charge in [-0.25, -0.2) is 0 Å². The Balaban J connectivity index is 2.53. The topological polar surface area (TPSA) is 23.8 Å². The van der Waals surface area contributed by atoms with Crippen LogP contribution in [0.25, 0.3) is 0 Å². The Bertz CT molecular complexity index is 145. The average Bonchev–Trinajstić information content (AvgIpc) is 1.95. The molecule has 1 saturated carbocycles. The maximum Gasteiger partial charge on any atom is 0.0658 e. The van der Waals surface area contributed by atoms with Crippen molar-refractivity contribution < 1.29 is 0 Å². The Morgan fingerprint density at radius 1 is 1.30 bits per heavy atom. The molecule has 1 aliphatic rings. The van der Waals surface area contributed by atoms with E-state index in [1.807, 2.05) is 0 Å². The Kier molecular flexibility index (Phi) is 2.32. The van der Waals surface area contributed by atoms with Gasteiger partial charge >= 0.3 is 0 Å². The predicted molar refractivity (Wildman–Crippen MR) is 41.3 cm³/mol. The van der Waals surface area contributed by atoms with Crippen molar-refractivity contribution in [3.63, 3.8) is 0 Å². The Morgan fingerprint density at radius 3 is 2.50 bits per heavy atom. The molecule has 0 heterocycles. The third-order valence-electron chi connectivity index (χ3n) is 2.87. The van der Waals surface area contributed by atoms with Crippen LogP contribution < -0.4 is 0 Å². The molecule has 1 aliphatic carbocycles. The highest BCUT2D eigenvalue weighted by atomic mass is 14.3. The molecule has 0 aromatic heterocycles. The van der Waals surface area contributed by atoms with Gasteiger partial charge in [0.15, 0.2) is 0 Å². The molecule has 0 aromatic rings. The molecule has 0 spiro atoms. The second-order valence-electron chi connectivity index (χ2n) is 3.50. The van der Waals surface area contributed by atoms with Crippen molar-refractivity contribution in [3.05, 3.63) is 0 Å². The van der Waals surface area contributed by atoms with Gasteiger partial charge < -0.3 is 0 Å². The zero-order valence-corrected chi connectivity index (χ0v) is 6.80. The van der Waals surface area contributed by atoms with Crippen molar-refractivity contribution in [1.29, 1.82) is 5.26 Å². The summed E-state index contributed by atoms with van der Waals surface area (Å²) in [4.78, 5) is 0. The van der Waals surface area contributed by atoms with Crippen molar-refractivity contribution >= 4 is 0 Å². The molecule has 3 atom stereocenters. The lowest BCUT2D eigenvalue weighted by atomic mass is 9.75. The number of nitriles is 1. The lowest BCUT2D eigenvalue weighted by Gasteiger charge is -2.29. The number of hydrogen-bond donors (Lipinski definition) is 0. The van der Waals surface area contributed by atoms with Crippen molar-refractivity contribution in [2.24, 2.45) is 17.8 Å². The van der Waals surface area contributed by atoms with Gasteiger partial charge in [0.05, 0.1) is 6.07 Å². The van der Waals surface area contributed by atoms with Crippen LogP contribution in [0.5, 0.6) is 0 Å². The predicted octanol–water partition coefficient (Wildman–Crippen LogP) is 2.58. The van der Waals surface area contributed by atoms with E-state index in [1.165, 1.54) is 12.8 Å².